The third-order valence-electron chi connectivity index (χ3n) is 9.48. The number of nitrogens with two attached hydrogens (primary N) is 1. The van der Waals surface area contributed by atoms with E-state index in [1.54, 1.807) is 0 Å². The first-order chi connectivity index (χ1) is 21.5. The van der Waals surface area contributed by atoms with Crippen LogP contribution in [-0.2, 0) is 19.4 Å². The van der Waals surface area contributed by atoms with Crippen LogP contribution < -0.4 is 11.1 Å². The quantitative estimate of drug-likeness (QED) is 0.199. The molecule has 7 rings (SSSR count). The molecule has 5 aromatic carbocycles. The van der Waals surface area contributed by atoms with Crippen LogP contribution in [0, 0.1) is 0 Å². The summed E-state index contributed by atoms with van der Waals surface area (Å²) in [6.45, 7) is 2.78. The normalized spacial score (nSPS) is 16.8. The topological polar surface area (TPSA) is 72.2 Å². The molecule has 4 nitrogen and oxygen atoms in total. The zero-order valence-corrected chi connectivity index (χ0v) is 25.0. The van der Waals surface area contributed by atoms with Crippen molar-refractivity contribution in [1.82, 2.24) is 0 Å². The molecular formula is C40H36N2O2. The molecule has 0 bridgehead atoms. The molecule has 2 aliphatic rings. The van der Waals surface area contributed by atoms with Gasteiger partial charge in [-0.05, 0) is 112 Å². The van der Waals surface area contributed by atoms with Crippen LogP contribution in [-0.4, -0.2) is 11.7 Å². The van der Waals surface area contributed by atoms with Crippen molar-refractivity contribution in [2.75, 3.05) is 5.32 Å². The van der Waals surface area contributed by atoms with Crippen LogP contribution in [0.15, 0.2) is 109 Å². The molecule has 3 N–H and O–H groups in total. The Hall–Kier alpha value is -4.80. The number of hydrogen-bond acceptors (Lipinski definition) is 3. The van der Waals surface area contributed by atoms with Gasteiger partial charge in [0.1, 0.15) is 0 Å². The van der Waals surface area contributed by atoms with E-state index in [1.807, 2.05) is 72.8 Å². The molecule has 0 saturated carbocycles. The Balaban J connectivity index is 1.16. The number of carbonyl (C=O) groups is 2. The van der Waals surface area contributed by atoms with Crippen LogP contribution in [0.3, 0.4) is 0 Å². The summed E-state index contributed by atoms with van der Waals surface area (Å²) in [6.07, 6.45) is 4.08. The molecule has 0 aliphatic heterocycles. The first-order valence-corrected chi connectivity index (χ1v) is 15.6. The van der Waals surface area contributed by atoms with E-state index in [1.165, 1.54) is 39.8 Å². The van der Waals surface area contributed by atoms with E-state index in [-0.39, 0.29) is 17.6 Å². The van der Waals surface area contributed by atoms with Gasteiger partial charge in [-0.3, -0.25) is 9.59 Å². The number of benzene rings is 5. The van der Waals surface area contributed by atoms with E-state index in [0.29, 0.717) is 35.7 Å². The standard InChI is InChI=1S/C40H36N2O2/c1-25-7-6-12-34-31(25)21-22-35-33-10-3-2-8-29(33)23-37(38(34)35)39(43)28-17-19-30(20-18-28)42-40(44)36-11-5-4-9-32(36)27-15-13-26(24-41)14-16-27/h2-5,8-11,13-22,25,37H,6-7,12,23-24,41H2,1H3,(H,42,44). The molecule has 0 saturated heterocycles. The summed E-state index contributed by atoms with van der Waals surface area (Å²) >= 11 is 0. The fourth-order valence-electron chi connectivity index (χ4n) is 7.17. The second-order valence-corrected chi connectivity index (χ2v) is 12.1. The van der Waals surface area contributed by atoms with E-state index in [9.17, 15) is 9.59 Å². The molecule has 5 aromatic rings. The zero-order valence-electron chi connectivity index (χ0n) is 25.0. The number of Topliss-reactive ketones (excluding diaryl/α,β-unsaturated/α-hetero) is 1. The van der Waals surface area contributed by atoms with E-state index in [0.717, 1.165) is 29.5 Å². The lowest BCUT2D eigenvalue weighted by Gasteiger charge is -2.33. The van der Waals surface area contributed by atoms with Gasteiger partial charge in [0.25, 0.3) is 5.91 Å². The molecule has 1 amide bonds. The van der Waals surface area contributed by atoms with Gasteiger partial charge in [-0.15, -0.1) is 0 Å². The van der Waals surface area contributed by atoms with Gasteiger partial charge in [0.2, 0.25) is 0 Å². The molecule has 0 fully saturated rings. The third-order valence-corrected chi connectivity index (χ3v) is 9.48. The highest BCUT2D eigenvalue weighted by molar-refractivity contribution is 6.09. The van der Waals surface area contributed by atoms with E-state index >= 15 is 0 Å². The molecule has 0 spiro atoms. The van der Waals surface area contributed by atoms with Crippen LogP contribution >= 0.6 is 0 Å². The summed E-state index contributed by atoms with van der Waals surface area (Å²) in [6, 6.07) is 36.0. The molecule has 218 valence electrons. The van der Waals surface area contributed by atoms with Crippen LogP contribution in [0.2, 0.25) is 0 Å². The lowest BCUT2D eigenvalue weighted by atomic mass is 9.69. The van der Waals surface area contributed by atoms with Gasteiger partial charge in [0.05, 0.1) is 5.92 Å². The number of nitrogens with one attached hydrogen (secondary N) is 1. The predicted octanol–water partition coefficient (Wildman–Crippen LogP) is 8.69. The average Bonchev–Trinajstić information content (AvgIpc) is 3.08. The first-order valence-electron chi connectivity index (χ1n) is 15.6. The highest BCUT2D eigenvalue weighted by Crippen LogP contribution is 2.47. The van der Waals surface area contributed by atoms with E-state index < -0.39 is 0 Å². The molecule has 2 unspecified atom stereocenters. The molecular weight excluding hydrogens is 540 g/mol. The van der Waals surface area contributed by atoms with Gasteiger partial charge >= 0.3 is 0 Å². The van der Waals surface area contributed by atoms with Gasteiger partial charge in [-0.2, -0.15) is 0 Å². The highest BCUT2D eigenvalue weighted by atomic mass is 16.1. The first kappa shape index (κ1) is 28.0. The fourth-order valence-corrected chi connectivity index (χ4v) is 7.17. The Labute approximate surface area is 259 Å². The van der Waals surface area contributed by atoms with Crippen molar-refractivity contribution in [3.63, 3.8) is 0 Å². The maximum absolute atomic E-state index is 14.2. The number of amides is 1. The van der Waals surface area contributed by atoms with Crippen molar-refractivity contribution in [2.24, 2.45) is 5.73 Å². The summed E-state index contributed by atoms with van der Waals surface area (Å²) in [5.41, 5.74) is 18.2. The summed E-state index contributed by atoms with van der Waals surface area (Å²) in [7, 11) is 0. The van der Waals surface area contributed by atoms with Crippen LogP contribution in [0.4, 0.5) is 5.69 Å². The van der Waals surface area contributed by atoms with Crippen molar-refractivity contribution >= 4 is 17.4 Å². The van der Waals surface area contributed by atoms with Gasteiger partial charge in [-0.1, -0.05) is 85.8 Å². The third kappa shape index (κ3) is 5.06. The van der Waals surface area contributed by atoms with Crippen LogP contribution in [0.1, 0.15) is 80.1 Å². The zero-order chi connectivity index (χ0) is 30.2. The van der Waals surface area contributed by atoms with Crippen molar-refractivity contribution in [2.45, 2.75) is 51.0 Å². The number of hydrogen-bond donors (Lipinski definition) is 2. The molecule has 4 heteroatoms. The van der Waals surface area contributed by atoms with Gasteiger partial charge in [0, 0.05) is 23.4 Å². The molecule has 0 aromatic heterocycles. The monoisotopic (exact) mass is 576 g/mol. The molecule has 2 atom stereocenters. The van der Waals surface area contributed by atoms with Gasteiger partial charge in [-0.25, -0.2) is 0 Å². The lowest BCUT2D eigenvalue weighted by Crippen LogP contribution is -2.24. The van der Waals surface area contributed by atoms with E-state index in [2.05, 4.69) is 48.6 Å². The van der Waals surface area contributed by atoms with Crippen molar-refractivity contribution in [3.8, 4) is 22.3 Å². The Morgan fingerprint density at radius 3 is 2.30 bits per heavy atom. The number of fused-ring (bicyclic) bond motifs is 5. The van der Waals surface area contributed by atoms with Crippen molar-refractivity contribution in [3.05, 3.63) is 148 Å². The van der Waals surface area contributed by atoms with Crippen molar-refractivity contribution in [1.29, 1.82) is 0 Å². The minimum absolute atomic E-state index is 0.136. The van der Waals surface area contributed by atoms with Crippen molar-refractivity contribution < 1.29 is 9.59 Å². The summed E-state index contributed by atoms with van der Waals surface area (Å²) in [4.78, 5) is 27.7. The average molecular weight is 577 g/mol. The van der Waals surface area contributed by atoms with Gasteiger partial charge in [0.15, 0.2) is 5.78 Å². The second kappa shape index (κ2) is 11.7. The number of ketones is 1. The van der Waals surface area contributed by atoms with E-state index in [4.69, 9.17) is 5.73 Å². The highest BCUT2D eigenvalue weighted by Gasteiger charge is 2.34. The number of rotatable bonds is 6. The molecule has 0 heterocycles. The largest absolute Gasteiger partial charge is 0.326 e. The predicted molar refractivity (Wildman–Crippen MR) is 178 cm³/mol. The summed E-state index contributed by atoms with van der Waals surface area (Å²) < 4.78 is 0. The van der Waals surface area contributed by atoms with Crippen LogP contribution in [0.5, 0.6) is 0 Å². The number of carbonyl (C=O) groups excluding carboxylic acids is 2. The van der Waals surface area contributed by atoms with Crippen LogP contribution in [0.25, 0.3) is 22.3 Å². The summed E-state index contributed by atoms with van der Waals surface area (Å²) in [5.74, 6) is 0.228. The Bertz CT molecular complexity index is 1870. The molecule has 2 aliphatic carbocycles. The Morgan fingerprint density at radius 1 is 0.795 bits per heavy atom. The Kier molecular flexibility index (Phi) is 7.45. The Morgan fingerprint density at radius 2 is 1.52 bits per heavy atom. The molecule has 44 heavy (non-hydrogen) atoms. The fraction of sp³-hybridized carbons (Fsp3) is 0.200. The number of anilines is 1. The lowest BCUT2D eigenvalue weighted by molar-refractivity contribution is 0.0957. The SMILES string of the molecule is CC1CCCc2c1ccc1c2C(C(=O)c2ccc(NC(=O)c3ccccc3-c3ccc(CN)cc3)cc2)Cc2ccccc2-1. The second-order valence-electron chi connectivity index (χ2n) is 12.1. The molecule has 0 radical (unpaired) electrons. The minimum atomic E-state index is -0.224. The van der Waals surface area contributed by atoms with Gasteiger partial charge < -0.3 is 11.1 Å². The minimum Gasteiger partial charge on any atom is -0.326 e. The maximum atomic E-state index is 14.2. The maximum Gasteiger partial charge on any atom is 0.256 e. The smallest absolute Gasteiger partial charge is 0.256 e. The summed E-state index contributed by atoms with van der Waals surface area (Å²) in [5, 5.41) is 3.04.